The molecule has 0 fully saturated rings. The number of nitrogens with two attached hydrogens (primary N) is 1. The van der Waals surface area contributed by atoms with Gasteiger partial charge in [0.15, 0.2) is 0 Å². The van der Waals surface area contributed by atoms with Gasteiger partial charge in [-0.25, -0.2) is 9.59 Å². The molecule has 88 valence electrons. The summed E-state index contributed by atoms with van der Waals surface area (Å²) < 4.78 is 9.56. The first-order valence-electron chi connectivity index (χ1n) is 4.76. The second kappa shape index (κ2) is 6.92. The highest BCUT2D eigenvalue weighted by molar-refractivity contribution is 5.67. The maximum absolute atomic E-state index is 10.9. The van der Waals surface area contributed by atoms with E-state index in [1.165, 1.54) is 7.05 Å². The summed E-state index contributed by atoms with van der Waals surface area (Å²) in [4.78, 5) is 21.3. The lowest BCUT2D eigenvalue weighted by Gasteiger charge is -2.18. The Bertz CT molecular complexity index is 218. The maximum Gasteiger partial charge on any atom is 0.407 e. The summed E-state index contributed by atoms with van der Waals surface area (Å²) in [5, 5.41) is 2.32. The van der Waals surface area contributed by atoms with Crippen LogP contribution in [0.2, 0.25) is 0 Å². The number of rotatable bonds is 5. The van der Waals surface area contributed by atoms with Gasteiger partial charge in [0.25, 0.3) is 0 Å². The lowest BCUT2D eigenvalue weighted by Crippen LogP contribution is -2.31. The predicted octanol–water partition coefficient (Wildman–Crippen LogP) is 0.852. The average Bonchev–Trinajstić information content (AvgIpc) is 2.13. The van der Waals surface area contributed by atoms with Crippen molar-refractivity contribution in [1.82, 2.24) is 5.32 Å². The van der Waals surface area contributed by atoms with Crippen LogP contribution in [-0.4, -0.2) is 31.9 Å². The fourth-order valence-electron chi connectivity index (χ4n) is 1.06. The van der Waals surface area contributed by atoms with E-state index in [0.717, 1.165) is 0 Å². The highest BCUT2D eigenvalue weighted by Gasteiger charge is 2.16. The van der Waals surface area contributed by atoms with Crippen LogP contribution in [0.3, 0.4) is 0 Å². The van der Waals surface area contributed by atoms with Gasteiger partial charge in [0.1, 0.15) is 12.7 Å². The zero-order chi connectivity index (χ0) is 11.8. The van der Waals surface area contributed by atoms with Gasteiger partial charge in [0, 0.05) is 7.05 Å². The van der Waals surface area contributed by atoms with Crippen LogP contribution >= 0.6 is 0 Å². The van der Waals surface area contributed by atoms with Gasteiger partial charge < -0.3 is 20.5 Å². The summed E-state index contributed by atoms with van der Waals surface area (Å²) in [6, 6.07) is 0. The molecule has 0 saturated carbocycles. The third-order valence-electron chi connectivity index (χ3n) is 1.62. The quantitative estimate of drug-likeness (QED) is 0.715. The number of primary amides is 1. The molecule has 15 heavy (non-hydrogen) atoms. The summed E-state index contributed by atoms with van der Waals surface area (Å²) in [7, 11) is 1.46. The van der Waals surface area contributed by atoms with Crippen LogP contribution in [0.1, 0.15) is 20.3 Å². The van der Waals surface area contributed by atoms with Crippen LogP contribution in [0.4, 0.5) is 9.59 Å². The van der Waals surface area contributed by atoms with Gasteiger partial charge in [-0.2, -0.15) is 0 Å². The van der Waals surface area contributed by atoms with E-state index >= 15 is 0 Å². The van der Waals surface area contributed by atoms with E-state index in [0.29, 0.717) is 12.3 Å². The molecule has 6 nitrogen and oxygen atoms in total. The third kappa shape index (κ3) is 7.60. The molecule has 0 aliphatic rings. The monoisotopic (exact) mass is 218 g/mol. The first-order chi connectivity index (χ1) is 6.95. The molecule has 0 saturated heterocycles. The van der Waals surface area contributed by atoms with Crippen molar-refractivity contribution in [3.05, 3.63) is 0 Å². The molecule has 0 unspecified atom stereocenters. The topological polar surface area (TPSA) is 90.7 Å². The first kappa shape index (κ1) is 13.5. The van der Waals surface area contributed by atoms with Gasteiger partial charge in [-0.05, 0) is 12.3 Å². The molecule has 0 aromatic rings. The van der Waals surface area contributed by atoms with E-state index < -0.39 is 18.3 Å². The minimum atomic E-state index is -0.871. The van der Waals surface area contributed by atoms with Crippen molar-refractivity contribution < 1.29 is 19.1 Å². The Balaban J connectivity index is 4.05. The Morgan fingerprint density at radius 3 is 2.40 bits per heavy atom. The molecule has 0 aromatic carbocycles. The van der Waals surface area contributed by atoms with E-state index in [2.05, 4.69) is 10.1 Å². The van der Waals surface area contributed by atoms with Crippen LogP contribution in [0.5, 0.6) is 0 Å². The van der Waals surface area contributed by atoms with Crippen molar-refractivity contribution in [2.24, 2.45) is 11.7 Å². The number of hydrogen-bond donors (Lipinski definition) is 2. The number of carbonyl (C=O) groups excluding carboxylic acids is 2. The molecule has 2 amide bonds. The standard InChI is InChI=1S/C9H18N2O4/c1-6(2)4-7(5-14-8(10)12)15-9(13)11-3/h6-7H,4-5H2,1-3H3,(H2,10,12)(H,11,13)/t7-/m0/s1. The number of carbonyl (C=O) groups is 2. The van der Waals surface area contributed by atoms with Gasteiger partial charge in [-0.3, -0.25) is 0 Å². The highest BCUT2D eigenvalue weighted by atomic mass is 16.6. The molecule has 0 bridgehead atoms. The van der Waals surface area contributed by atoms with Crippen LogP contribution < -0.4 is 11.1 Å². The minimum absolute atomic E-state index is 0.0130. The zero-order valence-corrected chi connectivity index (χ0v) is 9.28. The van der Waals surface area contributed by atoms with Crippen molar-refractivity contribution in [1.29, 1.82) is 0 Å². The van der Waals surface area contributed by atoms with Gasteiger partial charge in [-0.1, -0.05) is 13.8 Å². The molecule has 0 radical (unpaired) electrons. The summed E-state index contributed by atoms with van der Waals surface area (Å²) in [5.74, 6) is 0.330. The van der Waals surface area contributed by atoms with Crippen LogP contribution in [0.15, 0.2) is 0 Å². The van der Waals surface area contributed by atoms with E-state index in [4.69, 9.17) is 10.5 Å². The van der Waals surface area contributed by atoms with Crippen LogP contribution in [-0.2, 0) is 9.47 Å². The molecule has 0 aliphatic heterocycles. The Morgan fingerprint density at radius 1 is 1.40 bits per heavy atom. The minimum Gasteiger partial charge on any atom is -0.446 e. The molecule has 3 N–H and O–H groups in total. The number of amides is 2. The van der Waals surface area contributed by atoms with Gasteiger partial charge in [0.2, 0.25) is 0 Å². The fourth-order valence-corrected chi connectivity index (χ4v) is 1.06. The normalized spacial score (nSPS) is 12.0. The van der Waals surface area contributed by atoms with Crippen molar-refractivity contribution in [3.8, 4) is 0 Å². The largest absolute Gasteiger partial charge is 0.446 e. The number of nitrogens with one attached hydrogen (secondary N) is 1. The number of ether oxygens (including phenoxy) is 2. The Labute approximate surface area is 89.1 Å². The smallest absolute Gasteiger partial charge is 0.407 e. The van der Waals surface area contributed by atoms with Crippen molar-refractivity contribution in [2.75, 3.05) is 13.7 Å². The highest BCUT2D eigenvalue weighted by Crippen LogP contribution is 2.09. The number of alkyl carbamates (subject to hydrolysis) is 1. The number of hydrogen-bond acceptors (Lipinski definition) is 4. The molecule has 6 heteroatoms. The SMILES string of the molecule is CNC(=O)O[C@H](COC(N)=O)CC(C)C. The predicted molar refractivity (Wildman–Crippen MR) is 54.3 cm³/mol. The van der Waals surface area contributed by atoms with Gasteiger partial charge in [0.05, 0.1) is 0 Å². The maximum atomic E-state index is 10.9. The lowest BCUT2D eigenvalue weighted by molar-refractivity contribution is 0.0375. The summed E-state index contributed by atoms with van der Waals surface area (Å²) in [6.07, 6.45) is -1.27. The molecule has 0 spiro atoms. The second-order valence-corrected chi connectivity index (χ2v) is 3.54. The average molecular weight is 218 g/mol. The summed E-state index contributed by atoms with van der Waals surface area (Å²) >= 11 is 0. The molecule has 0 heterocycles. The lowest BCUT2D eigenvalue weighted by atomic mass is 10.1. The van der Waals surface area contributed by atoms with Gasteiger partial charge >= 0.3 is 12.2 Å². The van der Waals surface area contributed by atoms with E-state index in [1.807, 2.05) is 13.8 Å². The molecular formula is C9H18N2O4. The summed E-state index contributed by atoms with van der Waals surface area (Å²) in [5.41, 5.74) is 4.82. The molecular weight excluding hydrogens is 200 g/mol. The van der Waals surface area contributed by atoms with Crippen molar-refractivity contribution in [2.45, 2.75) is 26.4 Å². The Morgan fingerprint density at radius 2 is 2.00 bits per heavy atom. The Kier molecular flexibility index (Phi) is 6.24. The van der Waals surface area contributed by atoms with Crippen molar-refractivity contribution in [3.63, 3.8) is 0 Å². The zero-order valence-electron chi connectivity index (χ0n) is 9.28. The van der Waals surface area contributed by atoms with Gasteiger partial charge in [-0.15, -0.1) is 0 Å². The van der Waals surface area contributed by atoms with Crippen molar-refractivity contribution >= 4 is 12.2 Å². The molecule has 0 aliphatic carbocycles. The van der Waals surface area contributed by atoms with Crippen LogP contribution in [0.25, 0.3) is 0 Å². The van der Waals surface area contributed by atoms with E-state index in [-0.39, 0.29) is 6.61 Å². The Hall–Kier alpha value is -1.46. The third-order valence-corrected chi connectivity index (χ3v) is 1.62. The second-order valence-electron chi connectivity index (χ2n) is 3.54. The fraction of sp³-hybridized carbons (Fsp3) is 0.778. The summed E-state index contributed by atoms with van der Waals surface area (Å²) in [6.45, 7) is 3.94. The molecule has 0 rings (SSSR count). The molecule has 0 aromatic heterocycles. The van der Waals surface area contributed by atoms with E-state index in [1.54, 1.807) is 0 Å². The van der Waals surface area contributed by atoms with Crippen LogP contribution in [0, 0.1) is 5.92 Å². The van der Waals surface area contributed by atoms with E-state index in [9.17, 15) is 9.59 Å². The molecule has 1 atom stereocenters. The first-order valence-corrected chi connectivity index (χ1v) is 4.76.